The third-order valence-electron chi connectivity index (χ3n) is 2.14. The van der Waals surface area contributed by atoms with Crippen molar-refractivity contribution in [2.45, 2.75) is 25.7 Å². The lowest BCUT2D eigenvalue weighted by molar-refractivity contribution is 0.346. The number of nitrogens with zero attached hydrogens (tertiary/aromatic N) is 2. The van der Waals surface area contributed by atoms with Crippen LogP contribution in [0.1, 0.15) is 31.6 Å². The second-order valence-electron chi connectivity index (χ2n) is 3.03. The first kappa shape index (κ1) is 7.28. The minimum Gasteiger partial charge on any atom is -0.338 e. The van der Waals surface area contributed by atoms with E-state index in [9.17, 15) is 0 Å². The Labute approximate surface area is 73.3 Å². The largest absolute Gasteiger partial charge is 0.338 e. The third-order valence-corrected chi connectivity index (χ3v) is 2.46. The Bertz CT molecular complexity index is 257. The average molecular weight is 217 g/mol. The predicted molar refractivity (Wildman–Crippen MR) is 43.1 cm³/mol. The van der Waals surface area contributed by atoms with E-state index < -0.39 is 0 Å². The molecule has 0 spiro atoms. The van der Waals surface area contributed by atoms with Gasteiger partial charge < -0.3 is 4.52 Å². The standard InChI is InChI=1S/C7H9BrN2O/c1-4(5-2-3-5)6-9-7(8)10-11-6/h4-5H,2-3H2,1H3. The molecule has 1 aromatic heterocycles. The summed E-state index contributed by atoms with van der Waals surface area (Å²) in [5, 5.41) is 3.68. The normalized spacial score (nSPS) is 20.2. The molecule has 1 aliphatic rings. The molecule has 1 aliphatic carbocycles. The van der Waals surface area contributed by atoms with E-state index in [1.165, 1.54) is 12.8 Å². The van der Waals surface area contributed by atoms with Gasteiger partial charge in [-0.15, -0.1) is 0 Å². The van der Waals surface area contributed by atoms with Crippen molar-refractivity contribution in [3.8, 4) is 0 Å². The molecule has 0 bridgehead atoms. The van der Waals surface area contributed by atoms with E-state index in [0.717, 1.165) is 11.8 Å². The summed E-state index contributed by atoms with van der Waals surface area (Å²) in [5.74, 6) is 1.98. The topological polar surface area (TPSA) is 38.9 Å². The van der Waals surface area contributed by atoms with Crippen LogP contribution < -0.4 is 0 Å². The number of rotatable bonds is 2. The molecular formula is C7H9BrN2O. The molecule has 0 radical (unpaired) electrons. The first-order chi connectivity index (χ1) is 5.27. The van der Waals surface area contributed by atoms with Crippen molar-refractivity contribution >= 4 is 15.9 Å². The van der Waals surface area contributed by atoms with Crippen LogP contribution in [0.5, 0.6) is 0 Å². The molecule has 0 saturated heterocycles. The van der Waals surface area contributed by atoms with E-state index in [1.54, 1.807) is 0 Å². The molecule has 0 aromatic carbocycles. The Morgan fingerprint density at radius 3 is 2.82 bits per heavy atom. The maximum Gasteiger partial charge on any atom is 0.238 e. The zero-order valence-electron chi connectivity index (χ0n) is 6.25. The molecule has 1 saturated carbocycles. The van der Waals surface area contributed by atoms with Crippen LogP contribution in [0.3, 0.4) is 0 Å². The Morgan fingerprint density at radius 1 is 1.64 bits per heavy atom. The Morgan fingerprint density at radius 2 is 2.36 bits per heavy atom. The first-order valence-corrected chi connectivity index (χ1v) is 4.56. The second-order valence-corrected chi connectivity index (χ2v) is 3.74. The van der Waals surface area contributed by atoms with Gasteiger partial charge in [0.2, 0.25) is 10.6 Å². The van der Waals surface area contributed by atoms with Gasteiger partial charge in [0, 0.05) is 5.92 Å². The fourth-order valence-corrected chi connectivity index (χ4v) is 1.45. The Kier molecular flexibility index (Phi) is 1.71. The van der Waals surface area contributed by atoms with Gasteiger partial charge in [0.15, 0.2) is 0 Å². The van der Waals surface area contributed by atoms with Crippen molar-refractivity contribution in [3.63, 3.8) is 0 Å². The molecule has 11 heavy (non-hydrogen) atoms. The van der Waals surface area contributed by atoms with E-state index in [0.29, 0.717) is 10.7 Å². The lowest BCUT2D eigenvalue weighted by Gasteiger charge is -2.00. The fraction of sp³-hybridized carbons (Fsp3) is 0.714. The molecule has 4 heteroatoms. The van der Waals surface area contributed by atoms with Crippen molar-refractivity contribution in [1.82, 2.24) is 10.1 Å². The highest BCUT2D eigenvalue weighted by molar-refractivity contribution is 9.10. The quantitative estimate of drug-likeness (QED) is 0.763. The number of halogens is 1. The SMILES string of the molecule is CC(c1nc(Br)no1)C1CC1. The molecule has 1 aromatic rings. The number of hydrogen-bond donors (Lipinski definition) is 0. The summed E-state index contributed by atoms with van der Waals surface area (Å²) in [4.78, 5) is 4.11. The summed E-state index contributed by atoms with van der Waals surface area (Å²) in [6, 6.07) is 0. The summed E-state index contributed by atoms with van der Waals surface area (Å²) in [6.45, 7) is 2.14. The molecular weight excluding hydrogens is 208 g/mol. The Hall–Kier alpha value is -0.380. The second kappa shape index (κ2) is 2.59. The highest BCUT2D eigenvalue weighted by atomic mass is 79.9. The average Bonchev–Trinajstić information content (AvgIpc) is 2.74. The van der Waals surface area contributed by atoms with Crippen LogP contribution in [0.4, 0.5) is 0 Å². The summed E-state index contributed by atoms with van der Waals surface area (Å²) < 4.78 is 5.57. The monoisotopic (exact) mass is 216 g/mol. The van der Waals surface area contributed by atoms with Gasteiger partial charge in [-0.05, 0) is 39.8 Å². The van der Waals surface area contributed by atoms with Crippen LogP contribution >= 0.6 is 15.9 Å². The van der Waals surface area contributed by atoms with Gasteiger partial charge in [0.1, 0.15) is 0 Å². The minimum absolute atomic E-state index is 0.439. The molecule has 60 valence electrons. The fourth-order valence-electron chi connectivity index (χ4n) is 1.20. The van der Waals surface area contributed by atoms with Crippen molar-refractivity contribution < 1.29 is 4.52 Å². The molecule has 0 aliphatic heterocycles. The maximum absolute atomic E-state index is 5.02. The van der Waals surface area contributed by atoms with E-state index in [4.69, 9.17) is 4.52 Å². The summed E-state index contributed by atoms with van der Waals surface area (Å²) in [5.41, 5.74) is 0. The highest BCUT2D eigenvalue weighted by Crippen LogP contribution is 2.41. The van der Waals surface area contributed by atoms with Crippen LogP contribution in [-0.4, -0.2) is 10.1 Å². The van der Waals surface area contributed by atoms with E-state index in [-0.39, 0.29) is 0 Å². The van der Waals surface area contributed by atoms with E-state index in [2.05, 4.69) is 33.0 Å². The van der Waals surface area contributed by atoms with Gasteiger partial charge in [0.25, 0.3) is 0 Å². The van der Waals surface area contributed by atoms with Crippen molar-refractivity contribution in [2.75, 3.05) is 0 Å². The first-order valence-electron chi connectivity index (χ1n) is 3.76. The Balaban J connectivity index is 2.14. The van der Waals surface area contributed by atoms with Gasteiger partial charge in [-0.3, -0.25) is 0 Å². The van der Waals surface area contributed by atoms with Crippen molar-refractivity contribution in [2.24, 2.45) is 5.92 Å². The molecule has 3 nitrogen and oxygen atoms in total. The van der Waals surface area contributed by atoms with Gasteiger partial charge in [-0.2, -0.15) is 4.98 Å². The summed E-state index contributed by atoms with van der Waals surface area (Å²) in [7, 11) is 0. The number of aromatic nitrogens is 2. The minimum atomic E-state index is 0.439. The van der Waals surface area contributed by atoms with Crippen LogP contribution in [-0.2, 0) is 0 Å². The summed E-state index contributed by atoms with van der Waals surface area (Å²) >= 11 is 3.15. The highest BCUT2D eigenvalue weighted by Gasteiger charge is 2.32. The van der Waals surface area contributed by atoms with E-state index in [1.807, 2.05) is 0 Å². The predicted octanol–water partition coefficient (Wildman–Crippen LogP) is 2.35. The molecule has 1 fully saturated rings. The zero-order valence-corrected chi connectivity index (χ0v) is 7.84. The van der Waals surface area contributed by atoms with Crippen LogP contribution in [0.25, 0.3) is 0 Å². The lowest BCUT2D eigenvalue weighted by Crippen LogP contribution is -1.94. The van der Waals surface area contributed by atoms with E-state index >= 15 is 0 Å². The lowest BCUT2D eigenvalue weighted by atomic mass is 10.1. The molecule has 0 N–H and O–H groups in total. The van der Waals surface area contributed by atoms with Gasteiger partial charge in [-0.25, -0.2) is 0 Å². The van der Waals surface area contributed by atoms with Crippen LogP contribution in [0.2, 0.25) is 0 Å². The number of hydrogen-bond acceptors (Lipinski definition) is 3. The van der Waals surface area contributed by atoms with Gasteiger partial charge in [0.05, 0.1) is 0 Å². The van der Waals surface area contributed by atoms with Crippen molar-refractivity contribution in [3.05, 3.63) is 10.6 Å². The van der Waals surface area contributed by atoms with Gasteiger partial charge in [-0.1, -0.05) is 6.92 Å². The molecule has 1 unspecified atom stereocenters. The molecule has 1 atom stereocenters. The van der Waals surface area contributed by atoms with Crippen LogP contribution in [0.15, 0.2) is 9.26 Å². The molecule has 0 amide bonds. The molecule has 1 heterocycles. The maximum atomic E-state index is 5.02. The smallest absolute Gasteiger partial charge is 0.238 e. The zero-order chi connectivity index (χ0) is 7.84. The van der Waals surface area contributed by atoms with Crippen LogP contribution in [0, 0.1) is 5.92 Å². The molecule has 2 rings (SSSR count). The van der Waals surface area contributed by atoms with Crippen molar-refractivity contribution in [1.29, 1.82) is 0 Å². The van der Waals surface area contributed by atoms with Gasteiger partial charge >= 0.3 is 0 Å². The summed E-state index contributed by atoms with van der Waals surface area (Å²) in [6.07, 6.45) is 2.61. The third kappa shape index (κ3) is 1.45.